The second-order valence-corrected chi connectivity index (χ2v) is 27.3. The number of hydrogen-bond acceptors (Lipinski definition) is 14. The van der Waals surface area contributed by atoms with Crippen LogP contribution < -0.4 is 15.6 Å². The van der Waals surface area contributed by atoms with Gasteiger partial charge in [-0.15, -0.1) is 0 Å². The maximum Gasteiger partial charge on any atom is 0.335 e. The molecule has 2 aromatic carbocycles. The van der Waals surface area contributed by atoms with E-state index in [0.717, 1.165) is 36.3 Å². The molecule has 15 nitrogen and oxygen atoms in total. The number of carbonyl (C=O) groups excluding carboxylic acids is 1. The lowest BCUT2D eigenvalue weighted by molar-refractivity contribution is -0.337. The summed E-state index contributed by atoms with van der Waals surface area (Å²) in [6.45, 7) is 3.85. The van der Waals surface area contributed by atoms with E-state index in [0.29, 0.717) is 43.3 Å². The summed E-state index contributed by atoms with van der Waals surface area (Å²) < 4.78 is 27.5. The third kappa shape index (κ3) is 5.99. The molecule has 9 N–H and O–H groups in total. The van der Waals surface area contributed by atoms with Crippen molar-refractivity contribution in [3.05, 3.63) is 51.6 Å². The van der Waals surface area contributed by atoms with Gasteiger partial charge in [0.25, 0.3) is 0 Å². The van der Waals surface area contributed by atoms with E-state index in [9.17, 15) is 45.3 Å². The lowest BCUT2D eigenvalue weighted by Gasteiger charge is -2.72. The fourth-order valence-electron chi connectivity index (χ4n) is 22.4. The van der Waals surface area contributed by atoms with Crippen molar-refractivity contribution in [3.63, 3.8) is 0 Å². The summed E-state index contributed by atoms with van der Waals surface area (Å²) in [5, 5.41) is 82.4. The smallest absolute Gasteiger partial charge is 0.335 e. The van der Waals surface area contributed by atoms with Gasteiger partial charge in [0.2, 0.25) is 6.29 Å². The Morgan fingerprint density at radius 2 is 1.72 bits per heavy atom. The van der Waals surface area contributed by atoms with Crippen LogP contribution in [0.2, 0.25) is 0 Å². The molecule has 2 aromatic rings. The van der Waals surface area contributed by atoms with Crippen LogP contribution in [0.5, 0.6) is 17.2 Å². The molecule has 404 valence electrons. The summed E-state index contributed by atoms with van der Waals surface area (Å²) in [6, 6.07) is 2.58. The Hall–Kier alpha value is -3.64. The van der Waals surface area contributed by atoms with E-state index in [1.165, 1.54) is 115 Å². The van der Waals surface area contributed by atoms with Gasteiger partial charge in [-0.25, -0.2) is 4.79 Å². The first-order valence-corrected chi connectivity index (χ1v) is 28.9. The van der Waals surface area contributed by atoms with Crippen LogP contribution in [0.4, 0.5) is 0 Å². The minimum Gasteiger partial charge on any atom is -0.507 e. The predicted molar refractivity (Wildman–Crippen MR) is 272 cm³/mol. The molecular weight excluding hydrogens is 957 g/mol. The fourth-order valence-corrected chi connectivity index (χ4v) is 22.4. The van der Waals surface area contributed by atoms with Gasteiger partial charge in [-0.05, 0) is 204 Å². The van der Waals surface area contributed by atoms with Gasteiger partial charge >= 0.3 is 5.97 Å². The third-order valence-electron chi connectivity index (χ3n) is 24.7. The van der Waals surface area contributed by atoms with Crippen LogP contribution in [-0.4, -0.2) is 121 Å². The van der Waals surface area contributed by atoms with Crippen molar-refractivity contribution in [1.29, 1.82) is 0 Å². The van der Waals surface area contributed by atoms with E-state index < -0.39 is 76.6 Å². The summed E-state index contributed by atoms with van der Waals surface area (Å²) >= 11 is 0. The largest absolute Gasteiger partial charge is 0.507 e. The Morgan fingerprint density at radius 3 is 2.53 bits per heavy atom. The van der Waals surface area contributed by atoms with E-state index >= 15 is 0 Å². The summed E-state index contributed by atoms with van der Waals surface area (Å²) in [5.74, 6) is -1.53. The molecule has 6 spiro atoms. The number of nitrogens with one attached hydrogen (secondary N) is 2. The molecular formula is C60H76N2O13. The maximum absolute atomic E-state index is 13.1. The molecule has 19 unspecified atom stereocenters. The average Bonchev–Trinajstić information content (AvgIpc) is 4.29. The summed E-state index contributed by atoms with van der Waals surface area (Å²) in [4.78, 5) is 25.4. The third-order valence-corrected chi connectivity index (χ3v) is 24.7. The number of aliphatic hydroxyl groups excluding tert-OH is 4. The number of aromatic carboxylic acids is 1. The number of carbonyl (C=O) groups is 2. The summed E-state index contributed by atoms with van der Waals surface area (Å²) in [7, 11) is 0. The average molecular weight is 1030 g/mol. The Bertz CT molecular complexity index is 2900. The Kier molecular flexibility index (Phi) is 10.4. The number of fused-ring (bicyclic) bond motifs is 4. The molecule has 11 fully saturated rings. The van der Waals surface area contributed by atoms with E-state index in [4.69, 9.17) is 18.9 Å². The van der Waals surface area contributed by atoms with Gasteiger partial charge in [0.1, 0.15) is 41.2 Å². The number of phenolic OH excluding ortho intramolecular Hbond substituents is 2. The number of rotatable bonds is 6. The van der Waals surface area contributed by atoms with Gasteiger partial charge in [-0.3, -0.25) is 15.6 Å². The lowest BCUT2D eigenvalue weighted by Crippen LogP contribution is -2.81. The highest BCUT2D eigenvalue weighted by molar-refractivity contribution is 6.11. The summed E-state index contributed by atoms with van der Waals surface area (Å²) in [5.41, 5.74) is 9.91. The first-order chi connectivity index (χ1) is 36.0. The number of ether oxygens (including phenoxy) is 4. The van der Waals surface area contributed by atoms with Crippen molar-refractivity contribution >= 4 is 22.5 Å². The molecule has 15 heteroatoms. The van der Waals surface area contributed by atoms with Crippen molar-refractivity contribution in [1.82, 2.24) is 10.9 Å². The number of allylic oxidation sites excluding steroid dienone is 1. The molecule has 6 bridgehead atoms. The highest BCUT2D eigenvalue weighted by Crippen LogP contribution is 2.82. The number of Topliss-reactive ketones (excluding diaryl/α,β-unsaturated/α-hetero) is 1. The van der Waals surface area contributed by atoms with Crippen molar-refractivity contribution in [2.75, 3.05) is 19.8 Å². The van der Waals surface area contributed by atoms with Gasteiger partial charge in [-0.2, -0.15) is 0 Å². The first kappa shape index (κ1) is 48.5. The number of aromatic hydroxyl groups is 2. The van der Waals surface area contributed by atoms with Crippen molar-refractivity contribution in [3.8, 4) is 17.2 Å². The number of benzene rings is 2. The molecule has 13 aliphatic rings. The zero-order valence-corrected chi connectivity index (χ0v) is 43.5. The molecule has 0 radical (unpaired) electrons. The highest BCUT2D eigenvalue weighted by atomic mass is 16.7. The van der Waals surface area contributed by atoms with Crippen LogP contribution in [0.25, 0.3) is 10.8 Å². The summed E-state index contributed by atoms with van der Waals surface area (Å²) in [6.07, 6.45) is 15.8. The molecule has 7 saturated carbocycles. The highest BCUT2D eigenvalue weighted by Gasteiger charge is 2.79. The second kappa shape index (κ2) is 16.0. The Morgan fingerprint density at radius 1 is 0.893 bits per heavy atom. The van der Waals surface area contributed by atoms with Gasteiger partial charge in [0.15, 0.2) is 5.78 Å². The van der Waals surface area contributed by atoms with Crippen molar-refractivity contribution in [2.45, 2.75) is 196 Å². The van der Waals surface area contributed by atoms with E-state index in [-0.39, 0.29) is 87.3 Å². The van der Waals surface area contributed by atoms with Crippen LogP contribution in [0.15, 0.2) is 34.9 Å². The molecule has 19 atom stereocenters. The van der Waals surface area contributed by atoms with Crippen LogP contribution in [0.1, 0.15) is 162 Å². The SMILES string of the molecule is CC(=O)c1c(C)c(O)c2cc(C(=O)O)cc(OC3OC4C(O)CCC5OC4(CC4C6=C5CC=C6C5(CCO)COCC6CC78CC4(NNC7CC4(CCC7CCCC9CCCC9%10CCC74C%10)C8)C65)C(O)C3O)c2c1O. The number of carboxylic acid groups (broad SMARTS) is 1. The van der Waals surface area contributed by atoms with Crippen molar-refractivity contribution < 1.29 is 64.3 Å². The van der Waals surface area contributed by atoms with Gasteiger partial charge in [0.05, 0.1) is 35.3 Å². The molecule has 5 aliphatic heterocycles. The first-order valence-electron chi connectivity index (χ1n) is 28.9. The molecule has 4 saturated heterocycles. The number of ketones is 1. The maximum atomic E-state index is 13.1. The minimum atomic E-state index is -1.82. The monoisotopic (exact) mass is 1030 g/mol. The topological polar surface area (TPSA) is 237 Å². The van der Waals surface area contributed by atoms with Crippen molar-refractivity contribution in [2.24, 2.45) is 56.7 Å². The van der Waals surface area contributed by atoms with Crippen LogP contribution >= 0.6 is 0 Å². The second-order valence-electron chi connectivity index (χ2n) is 27.3. The minimum absolute atomic E-state index is 0.0141. The zero-order valence-electron chi connectivity index (χ0n) is 43.5. The molecule has 15 rings (SSSR count). The quantitative estimate of drug-likeness (QED) is 0.103. The lowest BCUT2D eigenvalue weighted by atomic mass is 9.39. The van der Waals surface area contributed by atoms with Crippen LogP contribution in [0.3, 0.4) is 0 Å². The van der Waals surface area contributed by atoms with Crippen LogP contribution in [0, 0.1) is 63.6 Å². The molecule has 75 heavy (non-hydrogen) atoms. The fraction of sp³-hybridized carbons (Fsp3) is 0.733. The molecule has 0 amide bonds. The number of phenols is 2. The zero-order chi connectivity index (χ0) is 51.6. The Balaban J connectivity index is 0.841. The van der Waals surface area contributed by atoms with E-state index in [2.05, 4.69) is 16.9 Å². The Labute approximate surface area is 437 Å². The number of carboxylic acids is 1. The van der Waals surface area contributed by atoms with E-state index in [1.807, 2.05) is 0 Å². The predicted octanol–water partition coefficient (Wildman–Crippen LogP) is 7.18. The van der Waals surface area contributed by atoms with Gasteiger partial charge in [-0.1, -0.05) is 18.9 Å². The number of aliphatic hydroxyl groups is 4. The van der Waals surface area contributed by atoms with Gasteiger partial charge in [0, 0.05) is 47.1 Å². The standard InChI is InChI=1S/C60H76N2O13/c1-29-43(30(2)64)47(67)45-36(46(29)66)19-31(52(70)71)20-41(45)73-53-48(68)50(69)60-22-38-44-35(40(75-60)11-10-39(65)51(60)74-53)8-9-37(44)57(17-18-63)28-72-24-32-21-55-25-56(23-42(55)61-62-59(38,27-55)49(32)57)14-12-34-6-3-5-33-7-4-13-54(33)15-16-58(34,56)26-54/h9,19-20,32-34,38-40,42,48-51,53,61-63,65-69H,3-8,10-18,21-28H2,1-2H3,(H,70,71). The van der Waals surface area contributed by atoms with Gasteiger partial charge < -0.3 is 54.7 Å². The number of hydrogen-bond donors (Lipinski definition) is 9. The molecule has 0 aromatic heterocycles. The molecule has 8 aliphatic carbocycles. The molecule has 5 heterocycles. The van der Waals surface area contributed by atoms with E-state index in [1.54, 1.807) is 0 Å². The van der Waals surface area contributed by atoms with Crippen LogP contribution in [-0.2, 0) is 14.2 Å². The number of hydrazine groups is 1. The normalized spacial score (nSPS) is 48.6.